The molecule has 1 saturated carbocycles. The molecule has 0 aliphatic heterocycles. The summed E-state index contributed by atoms with van der Waals surface area (Å²) < 4.78 is 0. The highest BCUT2D eigenvalue weighted by Gasteiger charge is 2.19. The van der Waals surface area contributed by atoms with E-state index >= 15 is 0 Å². The molecule has 1 aliphatic carbocycles. The number of hydrogen-bond donors (Lipinski definition) is 3. The molecule has 4 heteroatoms. The van der Waals surface area contributed by atoms with Gasteiger partial charge in [0, 0.05) is 13.0 Å². The summed E-state index contributed by atoms with van der Waals surface area (Å²) in [5, 5.41) is 12.2. The molecule has 0 bridgehead atoms. The molecule has 0 aromatic carbocycles. The van der Waals surface area contributed by atoms with Crippen LogP contribution in [0.4, 0.5) is 0 Å². The van der Waals surface area contributed by atoms with Crippen molar-refractivity contribution in [3.8, 4) is 0 Å². The number of carbonyl (C=O) groups excluding carboxylic acids is 1. The number of nitrogens with one attached hydrogen (secondary N) is 1. The van der Waals surface area contributed by atoms with E-state index in [1.807, 2.05) is 0 Å². The smallest absolute Gasteiger partial charge is 0.220 e. The molecular weight excluding hydrogens is 198 g/mol. The monoisotopic (exact) mass is 217 g/mol. The lowest BCUT2D eigenvalue weighted by Gasteiger charge is -2.25. The quantitative estimate of drug-likeness (QED) is 0.615. The second-order valence-corrected chi connectivity index (χ2v) is 4.40. The molecule has 0 spiro atoms. The Bertz CT molecular complexity index is 179. The predicted molar refractivity (Wildman–Crippen MR) is 59.4 cm³/mol. The van der Waals surface area contributed by atoms with Gasteiger partial charge in [-0.05, 0) is 37.4 Å². The first kappa shape index (κ1) is 11.9. The molecule has 0 aromatic heterocycles. The molecule has 1 fully saturated rings. The first-order valence-corrected chi connectivity index (χ1v) is 5.91. The van der Waals surface area contributed by atoms with E-state index in [1.165, 1.54) is 0 Å². The number of aliphatic hydroxyl groups excluding tert-OH is 1. The normalized spacial score (nSPS) is 27.3. The Hall–Kier alpha value is -0.220. The maximum Gasteiger partial charge on any atom is 0.220 e. The topological polar surface area (TPSA) is 49.3 Å². The molecule has 2 N–H and O–H groups in total. The summed E-state index contributed by atoms with van der Waals surface area (Å²) in [5.41, 5.74) is 0. The van der Waals surface area contributed by atoms with Crippen LogP contribution in [0.2, 0.25) is 0 Å². The summed E-state index contributed by atoms with van der Waals surface area (Å²) in [6.45, 7) is 0.763. The molecule has 3 nitrogen and oxygen atoms in total. The zero-order valence-corrected chi connectivity index (χ0v) is 9.30. The van der Waals surface area contributed by atoms with Crippen molar-refractivity contribution in [2.75, 3.05) is 12.3 Å². The largest absolute Gasteiger partial charge is 0.393 e. The fourth-order valence-corrected chi connectivity index (χ4v) is 2.00. The number of amides is 1. The zero-order chi connectivity index (χ0) is 10.4. The Morgan fingerprint density at radius 2 is 2.00 bits per heavy atom. The van der Waals surface area contributed by atoms with Crippen LogP contribution in [0.3, 0.4) is 0 Å². The molecule has 0 saturated heterocycles. The van der Waals surface area contributed by atoms with Crippen molar-refractivity contribution >= 4 is 18.5 Å². The van der Waals surface area contributed by atoms with E-state index in [2.05, 4.69) is 17.9 Å². The van der Waals surface area contributed by atoms with Crippen LogP contribution in [-0.2, 0) is 4.79 Å². The summed E-state index contributed by atoms with van der Waals surface area (Å²) in [6.07, 6.45) is 4.21. The molecular formula is C10H19NO2S. The van der Waals surface area contributed by atoms with Crippen molar-refractivity contribution in [3.63, 3.8) is 0 Å². The van der Waals surface area contributed by atoms with Gasteiger partial charge in [-0.3, -0.25) is 4.79 Å². The molecule has 0 unspecified atom stereocenters. The van der Waals surface area contributed by atoms with Crippen LogP contribution in [0.25, 0.3) is 0 Å². The van der Waals surface area contributed by atoms with Gasteiger partial charge < -0.3 is 10.4 Å². The second-order valence-electron chi connectivity index (χ2n) is 3.95. The molecule has 1 rings (SSSR count). The lowest BCUT2D eigenvalue weighted by Crippen LogP contribution is -2.32. The Morgan fingerprint density at radius 3 is 2.57 bits per heavy atom. The summed E-state index contributed by atoms with van der Waals surface area (Å²) in [7, 11) is 0. The lowest BCUT2D eigenvalue weighted by atomic mass is 9.87. The average molecular weight is 217 g/mol. The molecule has 0 heterocycles. The van der Waals surface area contributed by atoms with Crippen molar-refractivity contribution in [2.45, 2.75) is 38.2 Å². The maximum atomic E-state index is 11.1. The number of thiol groups is 1. The molecule has 14 heavy (non-hydrogen) atoms. The summed E-state index contributed by atoms with van der Waals surface area (Å²) in [6, 6.07) is 0. The number of rotatable bonds is 4. The van der Waals surface area contributed by atoms with E-state index in [1.54, 1.807) is 0 Å². The van der Waals surface area contributed by atoms with E-state index in [4.69, 9.17) is 0 Å². The van der Waals surface area contributed by atoms with Gasteiger partial charge in [-0.25, -0.2) is 0 Å². The number of carbonyl (C=O) groups is 1. The Labute approximate surface area is 90.7 Å². The standard InChI is InChI=1S/C10H19NO2S/c12-9-3-1-8(2-4-9)7-11-10(13)5-6-14/h8-9,12,14H,1-7H2,(H,11,13). The van der Waals surface area contributed by atoms with E-state index in [0.29, 0.717) is 18.1 Å². The second kappa shape index (κ2) is 6.30. The molecule has 0 radical (unpaired) electrons. The first-order chi connectivity index (χ1) is 6.72. The summed E-state index contributed by atoms with van der Waals surface area (Å²) in [4.78, 5) is 11.1. The lowest BCUT2D eigenvalue weighted by molar-refractivity contribution is -0.120. The summed E-state index contributed by atoms with van der Waals surface area (Å²) >= 11 is 4.00. The molecule has 1 amide bonds. The van der Waals surface area contributed by atoms with Gasteiger partial charge in [0.25, 0.3) is 0 Å². The highest BCUT2D eigenvalue weighted by Crippen LogP contribution is 2.23. The maximum absolute atomic E-state index is 11.1. The van der Waals surface area contributed by atoms with Crippen LogP contribution in [0.15, 0.2) is 0 Å². The fraction of sp³-hybridized carbons (Fsp3) is 0.900. The van der Waals surface area contributed by atoms with E-state index < -0.39 is 0 Å². The highest BCUT2D eigenvalue weighted by molar-refractivity contribution is 7.80. The van der Waals surface area contributed by atoms with Crippen LogP contribution in [0.5, 0.6) is 0 Å². The van der Waals surface area contributed by atoms with Crippen molar-refractivity contribution in [2.24, 2.45) is 5.92 Å². The zero-order valence-electron chi connectivity index (χ0n) is 8.41. The molecule has 0 atom stereocenters. The fourth-order valence-electron chi connectivity index (χ4n) is 1.80. The SMILES string of the molecule is O=C(CCS)NCC1CCC(O)CC1. The van der Waals surface area contributed by atoms with Gasteiger partial charge in [0.05, 0.1) is 6.10 Å². The minimum atomic E-state index is -0.112. The Kier molecular flexibility index (Phi) is 5.33. The van der Waals surface area contributed by atoms with Crippen LogP contribution in [-0.4, -0.2) is 29.4 Å². The van der Waals surface area contributed by atoms with Gasteiger partial charge >= 0.3 is 0 Å². The number of aliphatic hydroxyl groups is 1. The van der Waals surface area contributed by atoms with Crippen molar-refractivity contribution in [1.82, 2.24) is 5.32 Å². The van der Waals surface area contributed by atoms with Crippen LogP contribution in [0.1, 0.15) is 32.1 Å². The van der Waals surface area contributed by atoms with E-state index in [-0.39, 0.29) is 12.0 Å². The van der Waals surface area contributed by atoms with Crippen molar-refractivity contribution in [3.05, 3.63) is 0 Å². The van der Waals surface area contributed by atoms with Crippen molar-refractivity contribution in [1.29, 1.82) is 0 Å². The minimum Gasteiger partial charge on any atom is -0.393 e. The Balaban J connectivity index is 2.09. The van der Waals surface area contributed by atoms with Gasteiger partial charge in [0.15, 0.2) is 0 Å². The van der Waals surface area contributed by atoms with Crippen LogP contribution >= 0.6 is 12.6 Å². The number of hydrogen-bond acceptors (Lipinski definition) is 3. The van der Waals surface area contributed by atoms with Gasteiger partial charge in [0.2, 0.25) is 5.91 Å². The first-order valence-electron chi connectivity index (χ1n) is 5.28. The van der Waals surface area contributed by atoms with Crippen LogP contribution in [0, 0.1) is 5.92 Å². The third kappa shape index (κ3) is 4.33. The molecule has 82 valence electrons. The van der Waals surface area contributed by atoms with Gasteiger partial charge in [-0.1, -0.05) is 0 Å². The van der Waals surface area contributed by atoms with Gasteiger partial charge in [-0.15, -0.1) is 0 Å². The van der Waals surface area contributed by atoms with E-state index in [9.17, 15) is 9.90 Å². The molecule has 0 aromatic rings. The third-order valence-corrected chi connectivity index (χ3v) is 2.97. The average Bonchev–Trinajstić information content (AvgIpc) is 2.17. The Morgan fingerprint density at radius 1 is 1.36 bits per heavy atom. The highest BCUT2D eigenvalue weighted by atomic mass is 32.1. The predicted octanol–water partition coefficient (Wildman–Crippen LogP) is 0.974. The van der Waals surface area contributed by atoms with Crippen LogP contribution < -0.4 is 5.32 Å². The third-order valence-electron chi connectivity index (χ3n) is 2.74. The molecule has 1 aliphatic rings. The van der Waals surface area contributed by atoms with Gasteiger partial charge in [-0.2, -0.15) is 12.6 Å². The van der Waals surface area contributed by atoms with E-state index in [0.717, 1.165) is 32.2 Å². The summed E-state index contributed by atoms with van der Waals surface area (Å²) in [5.74, 6) is 1.25. The van der Waals surface area contributed by atoms with Gasteiger partial charge in [0.1, 0.15) is 0 Å². The minimum absolute atomic E-state index is 0.0890. The van der Waals surface area contributed by atoms with Crippen molar-refractivity contribution < 1.29 is 9.90 Å².